The van der Waals surface area contributed by atoms with Gasteiger partial charge < -0.3 is 5.32 Å². The van der Waals surface area contributed by atoms with Gasteiger partial charge in [-0.1, -0.05) is 66.7 Å². The van der Waals surface area contributed by atoms with Gasteiger partial charge in [-0.25, -0.2) is 4.39 Å². The number of hydrogen-bond donors (Lipinski definition) is 1. The second-order valence-corrected chi connectivity index (χ2v) is 10.1. The SMILES string of the molecule is CNC(=O)C1CC(c2ccc(F)cc2C)C(C(c2ccccc2)C(F)(F)F)N(C(c2ccccc2)C(F)(F)F)C1. The third-order valence-electron chi connectivity index (χ3n) is 7.62. The number of rotatable bonds is 6. The maximum Gasteiger partial charge on any atom is 0.408 e. The molecule has 0 aliphatic carbocycles. The molecule has 1 aliphatic heterocycles. The molecular weight excluding hydrogens is 537 g/mol. The topological polar surface area (TPSA) is 32.3 Å². The fourth-order valence-electron chi connectivity index (χ4n) is 6.03. The van der Waals surface area contributed by atoms with Crippen LogP contribution in [0.2, 0.25) is 0 Å². The van der Waals surface area contributed by atoms with Crippen LogP contribution in [0.5, 0.6) is 0 Å². The van der Waals surface area contributed by atoms with Gasteiger partial charge in [-0.15, -0.1) is 0 Å². The largest absolute Gasteiger partial charge is 0.408 e. The Kier molecular flexibility index (Phi) is 8.58. The Bertz CT molecular complexity index is 1290. The van der Waals surface area contributed by atoms with E-state index in [2.05, 4.69) is 5.32 Å². The van der Waals surface area contributed by atoms with Crippen LogP contribution < -0.4 is 5.32 Å². The number of halogens is 7. The van der Waals surface area contributed by atoms with Gasteiger partial charge in [0.25, 0.3) is 0 Å². The second-order valence-electron chi connectivity index (χ2n) is 10.1. The lowest BCUT2D eigenvalue weighted by atomic mass is 9.70. The molecule has 1 saturated heterocycles. The molecule has 3 aromatic carbocycles. The third-order valence-corrected chi connectivity index (χ3v) is 7.62. The Morgan fingerprint density at radius 2 is 1.45 bits per heavy atom. The molecule has 4 rings (SSSR count). The molecule has 40 heavy (non-hydrogen) atoms. The highest BCUT2D eigenvalue weighted by molar-refractivity contribution is 5.79. The van der Waals surface area contributed by atoms with Gasteiger partial charge >= 0.3 is 12.4 Å². The highest BCUT2D eigenvalue weighted by atomic mass is 19.4. The highest BCUT2D eigenvalue weighted by Crippen LogP contribution is 2.53. The lowest BCUT2D eigenvalue weighted by Gasteiger charge is -2.51. The zero-order valence-corrected chi connectivity index (χ0v) is 21.8. The van der Waals surface area contributed by atoms with Gasteiger partial charge in [-0.2, -0.15) is 26.3 Å². The molecule has 3 nitrogen and oxygen atoms in total. The molecule has 5 unspecified atom stereocenters. The Labute approximate surface area is 228 Å². The zero-order valence-electron chi connectivity index (χ0n) is 21.8. The summed E-state index contributed by atoms with van der Waals surface area (Å²) >= 11 is 0. The van der Waals surface area contributed by atoms with Crippen molar-refractivity contribution in [3.8, 4) is 0 Å². The number of amides is 1. The molecule has 3 aromatic rings. The number of likely N-dealkylation sites (tertiary alicyclic amines) is 1. The summed E-state index contributed by atoms with van der Waals surface area (Å²) in [5, 5.41) is 2.45. The predicted molar refractivity (Wildman–Crippen MR) is 137 cm³/mol. The van der Waals surface area contributed by atoms with E-state index in [0.717, 1.165) is 17.0 Å². The minimum Gasteiger partial charge on any atom is -0.359 e. The second kappa shape index (κ2) is 11.6. The summed E-state index contributed by atoms with van der Waals surface area (Å²) < 4.78 is 104. The Hall–Kier alpha value is -3.40. The van der Waals surface area contributed by atoms with Gasteiger partial charge in [0.2, 0.25) is 5.91 Å². The van der Waals surface area contributed by atoms with Crippen LogP contribution in [-0.2, 0) is 4.79 Å². The van der Waals surface area contributed by atoms with Crippen LogP contribution in [0.3, 0.4) is 0 Å². The van der Waals surface area contributed by atoms with Crippen molar-refractivity contribution in [2.75, 3.05) is 13.6 Å². The van der Waals surface area contributed by atoms with Gasteiger partial charge in [0.1, 0.15) is 11.9 Å². The number of alkyl halides is 6. The highest BCUT2D eigenvalue weighted by Gasteiger charge is 2.58. The average molecular weight is 567 g/mol. The number of piperidine rings is 1. The first-order chi connectivity index (χ1) is 18.8. The van der Waals surface area contributed by atoms with Crippen LogP contribution in [0.25, 0.3) is 0 Å². The van der Waals surface area contributed by atoms with Crippen molar-refractivity contribution in [1.29, 1.82) is 0 Å². The summed E-state index contributed by atoms with van der Waals surface area (Å²) in [6.45, 7) is 0.951. The van der Waals surface area contributed by atoms with E-state index < -0.39 is 60.5 Å². The molecule has 10 heteroatoms. The van der Waals surface area contributed by atoms with E-state index in [9.17, 15) is 22.4 Å². The van der Waals surface area contributed by atoms with E-state index in [1.807, 2.05) is 0 Å². The normalized spacial score (nSPS) is 22.0. The van der Waals surface area contributed by atoms with Gasteiger partial charge in [0.05, 0.1) is 11.8 Å². The van der Waals surface area contributed by atoms with Gasteiger partial charge in [0, 0.05) is 25.6 Å². The number of carbonyl (C=O) groups excluding carboxylic acids is 1. The van der Waals surface area contributed by atoms with Crippen LogP contribution in [0.15, 0.2) is 78.9 Å². The van der Waals surface area contributed by atoms with Crippen molar-refractivity contribution in [3.05, 3.63) is 107 Å². The summed E-state index contributed by atoms with van der Waals surface area (Å²) in [4.78, 5) is 13.7. The first-order valence-electron chi connectivity index (χ1n) is 12.8. The average Bonchev–Trinajstić information content (AvgIpc) is 2.89. The first-order valence-corrected chi connectivity index (χ1v) is 12.8. The maximum atomic E-state index is 15.1. The summed E-state index contributed by atoms with van der Waals surface area (Å²) in [7, 11) is 1.33. The standard InChI is InChI=1S/C30H29F7N2O/c1-18-15-22(31)13-14-23(18)24-16-21(28(40)38-2)17-39(27(30(35,36)37)20-11-7-4-8-12-20)26(24)25(29(32,33)34)19-9-5-3-6-10-19/h3-15,21,24-27H,16-17H2,1-2H3,(H,38,40). The number of aryl methyl sites for hydroxylation is 1. The van der Waals surface area contributed by atoms with E-state index in [-0.39, 0.29) is 23.1 Å². The molecule has 1 amide bonds. The van der Waals surface area contributed by atoms with E-state index in [1.165, 1.54) is 80.7 Å². The van der Waals surface area contributed by atoms with Crippen LogP contribution >= 0.6 is 0 Å². The third kappa shape index (κ3) is 6.16. The van der Waals surface area contributed by atoms with Crippen LogP contribution in [0.1, 0.15) is 46.6 Å². The van der Waals surface area contributed by atoms with Crippen molar-refractivity contribution in [2.45, 2.75) is 49.6 Å². The molecule has 0 spiro atoms. The smallest absolute Gasteiger partial charge is 0.359 e. The van der Waals surface area contributed by atoms with Crippen LogP contribution in [-0.4, -0.2) is 42.8 Å². The van der Waals surface area contributed by atoms with Crippen molar-refractivity contribution in [2.24, 2.45) is 5.92 Å². The van der Waals surface area contributed by atoms with Crippen molar-refractivity contribution in [1.82, 2.24) is 10.2 Å². The van der Waals surface area contributed by atoms with Crippen LogP contribution in [0.4, 0.5) is 30.7 Å². The number of nitrogens with zero attached hydrogens (tertiary/aromatic N) is 1. The summed E-state index contributed by atoms with van der Waals surface area (Å²) in [5.41, 5.74) is 0.136. The zero-order chi connectivity index (χ0) is 29.2. The summed E-state index contributed by atoms with van der Waals surface area (Å²) in [5.74, 6) is -5.76. The number of carbonyl (C=O) groups is 1. The molecule has 0 saturated carbocycles. The van der Waals surface area contributed by atoms with E-state index >= 15 is 13.2 Å². The van der Waals surface area contributed by atoms with Gasteiger partial charge in [0.15, 0.2) is 0 Å². The maximum absolute atomic E-state index is 15.1. The molecule has 0 radical (unpaired) electrons. The summed E-state index contributed by atoms with van der Waals surface area (Å²) in [6.07, 6.45) is -10.1. The molecule has 1 heterocycles. The number of benzene rings is 3. The Morgan fingerprint density at radius 1 is 0.875 bits per heavy atom. The Morgan fingerprint density at radius 3 is 1.95 bits per heavy atom. The first kappa shape index (κ1) is 29.6. The lowest BCUT2D eigenvalue weighted by Crippen LogP contribution is -2.58. The molecule has 1 fully saturated rings. The monoisotopic (exact) mass is 566 g/mol. The van der Waals surface area contributed by atoms with Gasteiger partial charge in [-0.05, 0) is 47.7 Å². The molecule has 214 valence electrons. The number of hydrogen-bond acceptors (Lipinski definition) is 2. The molecule has 1 aliphatic rings. The minimum absolute atomic E-state index is 0.147. The lowest BCUT2D eigenvalue weighted by molar-refractivity contribution is -0.220. The van der Waals surface area contributed by atoms with E-state index in [1.54, 1.807) is 0 Å². The quantitative estimate of drug-likeness (QED) is 0.318. The molecule has 1 N–H and O–H groups in total. The number of nitrogens with one attached hydrogen (secondary N) is 1. The molecular formula is C30H29F7N2O. The van der Waals surface area contributed by atoms with E-state index in [0.29, 0.717) is 5.56 Å². The van der Waals surface area contributed by atoms with Crippen molar-refractivity contribution in [3.63, 3.8) is 0 Å². The fourth-order valence-corrected chi connectivity index (χ4v) is 6.03. The Balaban J connectivity index is 2.03. The minimum atomic E-state index is -4.97. The molecule has 0 bridgehead atoms. The van der Waals surface area contributed by atoms with Gasteiger partial charge in [-0.3, -0.25) is 9.69 Å². The molecule has 0 aromatic heterocycles. The summed E-state index contributed by atoms with van der Waals surface area (Å²) in [6, 6.07) is 12.9. The molecule has 5 atom stereocenters. The van der Waals surface area contributed by atoms with Crippen molar-refractivity contribution < 1.29 is 35.5 Å². The predicted octanol–water partition coefficient (Wildman–Crippen LogP) is 7.30. The van der Waals surface area contributed by atoms with Crippen LogP contribution in [0, 0.1) is 18.7 Å². The van der Waals surface area contributed by atoms with Crippen molar-refractivity contribution >= 4 is 5.91 Å². The fraction of sp³-hybridized carbons (Fsp3) is 0.367. The van der Waals surface area contributed by atoms with E-state index in [4.69, 9.17) is 0 Å².